The second-order valence-corrected chi connectivity index (χ2v) is 3.65. The summed E-state index contributed by atoms with van der Waals surface area (Å²) in [5.74, 6) is 0.125. The molecule has 1 aromatic rings. The summed E-state index contributed by atoms with van der Waals surface area (Å²) in [6.07, 6.45) is 1.95. The Morgan fingerprint density at radius 1 is 1.50 bits per heavy atom. The molecule has 2 N–H and O–H groups in total. The van der Waals surface area contributed by atoms with Gasteiger partial charge in [-0.2, -0.15) is 0 Å². The number of rotatable bonds is 2. The van der Waals surface area contributed by atoms with Crippen LogP contribution in [0.25, 0.3) is 0 Å². The summed E-state index contributed by atoms with van der Waals surface area (Å²) in [5, 5.41) is 23.4. The highest BCUT2D eigenvalue weighted by Gasteiger charge is 2.21. The summed E-state index contributed by atoms with van der Waals surface area (Å²) in [7, 11) is 0. The number of nitro benzene ring substituents is 1. The molecule has 1 heterocycles. The van der Waals surface area contributed by atoms with Crippen molar-refractivity contribution < 1.29 is 10.0 Å². The summed E-state index contributed by atoms with van der Waals surface area (Å²) >= 11 is 0. The van der Waals surface area contributed by atoms with Gasteiger partial charge in [-0.25, -0.2) is 0 Å². The zero-order chi connectivity index (χ0) is 10.8. The van der Waals surface area contributed by atoms with Crippen molar-refractivity contribution >= 4 is 18.1 Å². The molecule has 1 atom stereocenters. The third-order valence-corrected chi connectivity index (χ3v) is 2.66. The largest absolute Gasteiger partial charge is 0.508 e. The van der Waals surface area contributed by atoms with Gasteiger partial charge in [0.25, 0.3) is 5.69 Å². The third kappa shape index (κ3) is 2.43. The SMILES string of the molecule is Cl.O=[N+]([O-])c1ccc(O)c([C@H]2CCCN2)c1. The molecule has 2 rings (SSSR count). The number of aromatic hydroxyl groups is 1. The lowest BCUT2D eigenvalue weighted by molar-refractivity contribution is -0.385. The van der Waals surface area contributed by atoms with Crippen LogP contribution in [0.5, 0.6) is 5.75 Å². The van der Waals surface area contributed by atoms with E-state index in [0.29, 0.717) is 5.56 Å². The van der Waals surface area contributed by atoms with Crippen LogP contribution in [0.15, 0.2) is 18.2 Å². The zero-order valence-corrected chi connectivity index (χ0v) is 9.37. The third-order valence-electron chi connectivity index (χ3n) is 2.66. The number of halogens is 1. The highest BCUT2D eigenvalue weighted by atomic mass is 35.5. The van der Waals surface area contributed by atoms with Gasteiger partial charge < -0.3 is 10.4 Å². The summed E-state index contributed by atoms with van der Waals surface area (Å²) in [5.41, 5.74) is 0.651. The van der Waals surface area contributed by atoms with Gasteiger partial charge in [-0.05, 0) is 25.5 Å². The van der Waals surface area contributed by atoms with E-state index in [1.54, 1.807) is 0 Å². The molecule has 0 aliphatic carbocycles. The maximum absolute atomic E-state index is 10.6. The maximum atomic E-state index is 10.6. The Labute approximate surface area is 99.0 Å². The molecular weight excluding hydrogens is 232 g/mol. The minimum Gasteiger partial charge on any atom is -0.508 e. The Morgan fingerprint density at radius 3 is 2.81 bits per heavy atom. The number of phenols is 1. The fraction of sp³-hybridized carbons (Fsp3) is 0.400. The minimum atomic E-state index is -0.447. The molecule has 1 fully saturated rings. The standard InChI is InChI=1S/C10H12N2O3.ClH/c13-10-4-3-7(12(14)15)6-8(10)9-2-1-5-11-9;/h3-4,6,9,11,13H,1-2,5H2;1H/t9-;/m1./s1. The van der Waals surface area contributed by atoms with Crippen molar-refractivity contribution in [2.45, 2.75) is 18.9 Å². The first-order chi connectivity index (χ1) is 7.18. The number of hydrogen-bond donors (Lipinski definition) is 2. The summed E-state index contributed by atoms with van der Waals surface area (Å²) in [4.78, 5) is 10.1. The van der Waals surface area contributed by atoms with Crippen molar-refractivity contribution in [1.29, 1.82) is 0 Å². The number of hydrogen-bond acceptors (Lipinski definition) is 4. The second kappa shape index (κ2) is 5.14. The number of nitrogens with one attached hydrogen (secondary N) is 1. The predicted octanol–water partition coefficient (Wildman–Crippen LogP) is 2.15. The highest BCUT2D eigenvalue weighted by Crippen LogP contribution is 2.32. The van der Waals surface area contributed by atoms with Gasteiger partial charge in [0.15, 0.2) is 0 Å². The minimum absolute atomic E-state index is 0. The lowest BCUT2D eigenvalue weighted by atomic mass is 10.0. The van der Waals surface area contributed by atoms with Gasteiger partial charge in [0.2, 0.25) is 0 Å². The van der Waals surface area contributed by atoms with Crippen molar-refractivity contribution in [3.05, 3.63) is 33.9 Å². The van der Waals surface area contributed by atoms with Crippen LogP contribution in [0.1, 0.15) is 24.4 Å². The summed E-state index contributed by atoms with van der Waals surface area (Å²) in [6, 6.07) is 4.18. The molecule has 0 bridgehead atoms. The first-order valence-corrected chi connectivity index (χ1v) is 4.89. The smallest absolute Gasteiger partial charge is 0.270 e. The van der Waals surface area contributed by atoms with Gasteiger partial charge >= 0.3 is 0 Å². The molecule has 1 aliphatic rings. The zero-order valence-electron chi connectivity index (χ0n) is 8.55. The monoisotopic (exact) mass is 244 g/mol. The fourth-order valence-corrected chi connectivity index (χ4v) is 1.88. The van der Waals surface area contributed by atoms with Crippen LogP contribution in [-0.4, -0.2) is 16.6 Å². The predicted molar refractivity (Wildman–Crippen MR) is 62.0 cm³/mol. The molecule has 5 nitrogen and oxygen atoms in total. The van der Waals surface area contributed by atoms with Crippen LogP contribution in [0.4, 0.5) is 5.69 Å². The molecule has 16 heavy (non-hydrogen) atoms. The van der Waals surface area contributed by atoms with E-state index >= 15 is 0 Å². The van der Waals surface area contributed by atoms with E-state index in [1.165, 1.54) is 18.2 Å². The van der Waals surface area contributed by atoms with E-state index in [0.717, 1.165) is 19.4 Å². The van der Waals surface area contributed by atoms with Gasteiger partial charge in [-0.1, -0.05) is 0 Å². The Kier molecular flexibility index (Phi) is 4.09. The topological polar surface area (TPSA) is 75.4 Å². The van der Waals surface area contributed by atoms with Crippen LogP contribution in [-0.2, 0) is 0 Å². The molecule has 0 radical (unpaired) electrons. The molecule has 0 unspecified atom stereocenters. The molecule has 1 aromatic carbocycles. The van der Waals surface area contributed by atoms with Gasteiger partial charge in [-0.3, -0.25) is 10.1 Å². The van der Waals surface area contributed by atoms with Gasteiger partial charge in [-0.15, -0.1) is 12.4 Å². The van der Waals surface area contributed by atoms with Crippen LogP contribution in [0.3, 0.4) is 0 Å². The van der Waals surface area contributed by atoms with E-state index in [4.69, 9.17) is 0 Å². The number of benzene rings is 1. The van der Waals surface area contributed by atoms with Crippen LogP contribution < -0.4 is 5.32 Å². The van der Waals surface area contributed by atoms with Gasteiger partial charge in [0.05, 0.1) is 4.92 Å². The second-order valence-electron chi connectivity index (χ2n) is 3.65. The molecule has 0 amide bonds. The molecule has 0 saturated carbocycles. The fourth-order valence-electron chi connectivity index (χ4n) is 1.88. The molecule has 0 aromatic heterocycles. The maximum Gasteiger partial charge on any atom is 0.270 e. The molecule has 1 aliphatic heterocycles. The molecule has 0 spiro atoms. The van der Waals surface area contributed by atoms with Crippen molar-refractivity contribution in [3.8, 4) is 5.75 Å². The van der Waals surface area contributed by atoms with Crippen LogP contribution >= 0.6 is 12.4 Å². The van der Waals surface area contributed by atoms with Crippen molar-refractivity contribution in [1.82, 2.24) is 5.32 Å². The Morgan fingerprint density at radius 2 is 2.25 bits per heavy atom. The number of nitro groups is 1. The van der Waals surface area contributed by atoms with E-state index in [2.05, 4.69) is 5.32 Å². The molecule has 1 saturated heterocycles. The van der Waals surface area contributed by atoms with E-state index in [1.807, 2.05) is 0 Å². The molecule has 6 heteroatoms. The number of nitrogens with zero attached hydrogens (tertiary/aromatic N) is 1. The van der Waals surface area contributed by atoms with E-state index in [9.17, 15) is 15.2 Å². The molecular formula is C10H13ClN2O3. The van der Waals surface area contributed by atoms with Crippen molar-refractivity contribution in [2.24, 2.45) is 0 Å². The Balaban J connectivity index is 0.00000128. The lowest BCUT2D eigenvalue weighted by Gasteiger charge is -2.11. The number of phenolic OH excluding ortho intramolecular Hbond substituents is 1. The van der Waals surface area contributed by atoms with Gasteiger partial charge in [0.1, 0.15) is 5.75 Å². The Hall–Kier alpha value is -1.33. The number of non-ortho nitro benzene ring substituents is 1. The summed E-state index contributed by atoms with van der Waals surface area (Å²) < 4.78 is 0. The first-order valence-electron chi connectivity index (χ1n) is 4.89. The quantitative estimate of drug-likeness (QED) is 0.617. The first kappa shape index (κ1) is 12.7. The lowest BCUT2D eigenvalue weighted by Crippen LogP contribution is -2.13. The molecule has 88 valence electrons. The van der Waals surface area contributed by atoms with Crippen molar-refractivity contribution in [2.75, 3.05) is 6.54 Å². The average molecular weight is 245 g/mol. The van der Waals surface area contributed by atoms with Crippen molar-refractivity contribution in [3.63, 3.8) is 0 Å². The highest BCUT2D eigenvalue weighted by molar-refractivity contribution is 5.85. The Bertz CT molecular complexity index is 392. The normalized spacial score (nSPS) is 19.1. The van der Waals surface area contributed by atoms with E-state index < -0.39 is 4.92 Å². The van der Waals surface area contributed by atoms with E-state index in [-0.39, 0.29) is 29.9 Å². The summed E-state index contributed by atoms with van der Waals surface area (Å²) in [6.45, 7) is 0.896. The van der Waals surface area contributed by atoms with Gasteiger partial charge in [0, 0.05) is 23.7 Å². The van der Waals surface area contributed by atoms with Crippen LogP contribution in [0, 0.1) is 10.1 Å². The van der Waals surface area contributed by atoms with Crippen LogP contribution in [0.2, 0.25) is 0 Å². The average Bonchev–Trinajstić information content (AvgIpc) is 2.71.